The van der Waals surface area contributed by atoms with Crippen molar-refractivity contribution < 1.29 is 56.6 Å². The normalized spacial score (nSPS) is 50.4. The molecule has 0 amide bonds. The lowest BCUT2D eigenvalue weighted by Crippen LogP contribution is -2.63. The molecule has 11 aliphatic rings. The van der Waals surface area contributed by atoms with Crippen molar-refractivity contribution in [1.29, 1.82) is 0 Å². The zero-order valence-corrected chi connectivity index (χ0v) is 39.3. The molecule has 12 bridgehead atoms. The quantitative estimate of drug-likeness (QED) is 0.0867. The van der Waals surface area contributed by atoms with Crippen LogP contribution >= 0.6 is 22.6 Å². The maximum Gasteiger partial charge on any atom is 0.308 e. The number of rotatable bonds is 6. The van der Waals surface area contributed by atoms with E-state index in [0.717, 1.165) is 85.1 Å². The van der Waals surface area contributed by atoms with Crippen molar-refractivity contribution in [3.63, 3.8) is 0 Å². The third-order valence-electron chi connectivity index (χ3n) is 16.5. The standard InChI is InChI=1S/C46H69IO12Si/c1-7-60(8-2,9-3)59-33-21-35-39(55-37(33)23-47)26(6)40-34(52-35)20-32-24(4)10-11-27(49-32)12-14-30-25(5)18-29(50-30)16-17-46-22-36-42(57-46)43-44(54-36)45(58-46)41-31(53-43)15-13-28(51-41)19-38(48)56-40/h26-37,39-45H,4-5,7-23H2,1-3,6H3/t26-,27+,28?,29?,30?,31?,32?,33+,34-,35-,36+,37+,39-,40?,41-,42?,43?,44?,45-,46-/m0/s1. The number of carbonyl (C=O) groups is 1. The summed E-state index contributed by atoms with van der Waals surface area (Å²) in [5.41, 5.74) is 2.23. The van der Waals surface area contributed by atoms with Crippen LogP contribution in [0.15, 0.2) is 24.3 Å². The van der Waals surface area contributed by atoms with Gasteiger partial charge in [-0.05, 0) is 80.6 Å². The van der Waals surface area contributed by atoms with Crippen LogP contribution in [0.1, 0.15) is 111 Å². The molecule has 336 valence electrons. The van der Waals surface area contributed by atoms with E-state index in [1.165, 1.54) is 0 Å². The van der Waals surface area contributed by atoms with Crippen LogP contribution in [0.5, 0.6) is 0 Å². The molecule has 0 aromatic carbocycles. The first-order valence-electron chi connectivity index (χ1n) is 23.7. The third-order valence-corrected chi connectivity index (χ3v) is 22.0. The first-order valence-corrected chi connectivity index (χ1v) is 27.8. The minimum Gasteiger partial charge on any atom is -0.459 e. The van der Waals surface area contributed by atoms with Gasteiger partial charge in [-0.25, -0.2) is 0 Å². The molecule has 11 aliphatic heterocycles. The van der Waals surface area contributed by atoms with Crippen molar-refractivity contribution in [3.05, 3.63) is 24.3 Å². The molecule has 11 rings (SSSR count). The Morgan fingerprint density at radius 2 is 1.38 bits per heavy atom. The number of ether oxygens (including phenoxy) is 10. The Morgan fingerprint density at radius 1 is 0.667 bits per heavy atom. The predicted molar refractivity (Wildman–Crippen MR) is 231 cm³/mol. The average Bonchev–Trinajstić information content (AvgIpc) is 3.83. The second kappa shape index (κ2) is 17.4. The molecule has 1 spiro atoms. The van der Waals surface area contributed by atoms with Gasteiger partial charge in [0, 0.05) is 36.0 Å². The van der Waals surface area contributed by atoms with Gasteiger partial charge in [0.2, 0.25) is 0 Å². The smallest absolute Gasteiger partial charge is 0.308 e. The van der Waals surface area contributed by atoms with Gasteiger partial charge in [0.15, 0.2) is 14.1 Å². The molecule has 0 aliphatic carbocycles. The van der Waals surface area contributed by atoms with Crippen molar-refractivity contribution >= 4 is 36.9 Å². The van der Waals surface area contributed by atoms with Crippen LogP contribution in [-0.2, 0) is 56.6 Å². The van der Waals surface area contributed by atoms with Gasteiger partial charge in [-0.3, -0.25) is 4.79 Å². The summed E-state index contributed by atoms with van der Waals surface area (Å²) in [6.07, 6.45) is 6.02. The van der Waals surface area contributed by atoms with Crippen LogP contribution in [0.3, 0.4) is 0 Å². The molecule has 11 fully saturated rings. The fraction of sp³-hybridized carbons (Fsp3) is 0.891. The maximum absolute atomic E-state index is 14.2. The molecule has 9 unspecified atom stereocenters. The summed E-state index contributed by atoms with van der Waals surface area (Å²) in [5.74, 6) is -1.18. The predicted octanol–water partition coefficient (Wildman–Crippen LogP) is 7.42. The lowest BCUT2D eigenvalue weighted by molar-refractivity contribution is -0.293. The first-order chi connectivity index (χ1) is 29.0. The van der Waals surface area contributed by atoms with Crippen molar-refractivity contribution in [3.8, 4) is 0 Å². The van der Waals surface area contributed by atoms with Gasteiger partial charge >= 0.3 is 5.97 Å². The number of fused-ring (bicyclic) bond motifs is 7. The number of hydrogen-bond acceptors (Lipinski definition) is 12. The molecule has 11 saturated heterocycles. The Balaban J connectivity index is 0.919. The van der Waals surface area contributed by atoms with Crippen LogP contribution in [0.4, 0.5) is 0 Å². The van der Waals surface area contributed by atoms with Crippen LogP contribution in [0.2, 0.25) is 18.1 Å². The molecule has 12 nitrogen and oxygen atoms in total. The Morgan fingerprint density at radius 3 is 2.18 bits per heavy atom. The minimum atomic E-state index is -1.91. The highest BCUT2D eigenvalue weighted by atomic mass is 127. The van der Waals surface area contributed by atoms with E-state index < -0.39 is 26.3 Å². The van der Waals surface area contributed by atoms with Gasteiger partial charge in [0.1, 0.15) is 36.6 Å². The van der Waals surface area contributed by atoms with Crippen molar-refractivity contribution in [2.24, 2.45) is 5.92 Å². The van der Waals surface area contributed by atoms with Gasteiger partial charge in [0.25, 0.3) is 0 Å². The molecule has 0 N–H and O–H groups in total. The lowest BCUT2D eigenvalue weighted by atomic mass is 9.80. The van der Waals surface area contributed by atoms with Crippen molar-refractivity contribution in [2.45, 2.75) is 245 Å². The number of alkyl halides is 1. The SMILES string of the molecule is C=C1CC2CC[C@@]34C[C@H]5OC6C(OC7CCC(CC(=O)OC8[C@H](CC9O[C@H](CCC9=C)CCC1O2)O[C@H]1C[C@@H](O[Si](CC)(CC)CC)[C@@H](CI)O[C@H]1[C@@H]8C)O[C@@H]7[C@@H]6O3)C5O4. The monoisotopic (exact) mass is 968 g/mol. The van der Waals surface area contributed by atoms with E-state index in [0.29, 0.717) is 25.7 Å². The van der Waals surface area contributed by atoms with E-state index in [1.807, 2.05) is 0 Å². The Labute approximate surface area is 371 Å². The number of halogens is 1. The van der Waals surface area contributed by atoms with Gasteiger partial charge in [-0.2, -0.15) is 0 Å². The van der Waals surface area contributed by atoms with Crippen LogP contribution in [-0.4, -0.2) is 134 Å². The highest BCUT2D eigenvalue weighted by Gasteiger charge is 2.69. The van der Waals surface area contributed by atoms with Crippen molar-refractivity contribution in [1.82, 2.24) is 0 Å². The molecule has 11 heterocycles. The van der Waals surface area contributed by atoms with Gasteiger partial charge in [0.05, 0.1) is 79.7 Å². The summed E-state index contributed by atoms with van der Waals surface area (Å²) in [5, 5.41) is 0. The summed E-state index contributed by atoms with van der Waals surface area (Å²) >= 11 is 2.44. The van der Waals surface area contributed by atoms with Crippen LogP contribution in [0, 0.1) is 5.92 Å². The molecular formula is C46H69IO12Si. The Kier molecular flexibility index (Phi) is 12.6. The van der Waals surface area contributed by atoms with E-state index in [-0.39, 0.29) is 116 Å². The number of hydrogen-bond donors (Lipinski definition) is 0. The fourth-order valence-electron chi connectivity index (χ4n) is 12.8. The lowest BCUT2D eigenvalue weighted by Gasteiger charge is -2.52. The summed E-state index contributed by atoms with van der Waals surface area (Å²) in [4.78, 5) is 14.2. The fourth-order valence-corrected chi connectivity index (χ4v) is 16.5. The summed E-state index contributed by atoms with van der Waals surface area (Å²) in [6.45, 7) is 18.0. The largest absolute Gasteiger partial charge is 0.459 e. The topological polar surface area (TPSA) is 119 Å². The van der Waals surface area contributed by atoms with Crippen LogP contribution < -0.4 is 0 Å². The second-order valence-electron chi connectivity index (χ2n) is 19.9. The van der Waals surface area contributed by atoms with E-state index in [9.17, 15) is 4.79 Å². The van der Waals surface area contributed by atoms with Gasteiger partial charge in [-0.1, -0.05) is 63.4 Å². The number of carbonyl (C=O) groups excluding carboxylic acids is 1. The van der Waals surface area contributed by atoms with E-state index >= 15 is 0 Å². The molecule has 14 heteroatoms. The minimum absolute atomic E-state index is 0.00654. The maximum atomic E-state index is 14.2. The highest BCUT2D eigenvalue weighted by molar-refractivity contribution is 14.1. The molecule has 0 aromatic heterocycles. The molecule has 60 heavy (non-hydrogen) atoms. The summed E-state index contributed by atoms with van der Waals surface area (Å²) in [6, 6.07) is 3.24. The molecule has 0 saturated carbocycles. The Hall–Kier alpha value is -0.503. The highest BCUT2D eigenvalue weighted by Crippen LogP contribution is 2.54. The zero-order chi connectivity index (χ0) is 41.5. The summed E-state index contributed by atoms with van der Waals surface area (Å²) in [7, 11) is -1.91. The summed E-state index contributed by atoms with van der Waals surface area (Å²) < 4.78 is 76.3. The second-order valence-corrected chi connectivity index (χ2v) is 25.5. The molecule has 20 atom stereocenters. The molecular weight excluding hydrogens is 899 g/mol. The molecule has 0 aromatic rings. The average molecular weight is 969 g/mol. The van der Waals surface area contributed by atoms with Crippen molar-refractivity contribution in [2.75, 3.05) is 4.43 Å². The first kappa shape index (κ1) is 43.4. The van der Waals surface area contributed by atoms with E-state index in [4.69, 9.17) is 51.8 Å². The number of esters is 1. The van der Waals surface area contributed by atoms with E-state index in [2.05, 4.69) is 63.4 Å². The molecule has 0 radical (unpaired) electrons. The van der Waals surface area contributed by atoms with Crippen LogP contribution in [0.25, 0.3) is 0 Å². The van der Waals surface area contributed by atoms with E-state index in [1.54, 1.807) is 0 Å². The van der Waals surface area contributed by atoms with Gasteiger partial charge < -0.3 is 51.8 Å². The Bertz CT molecular complexity index is 1610. The zero-order valence-electron chi connectivity index (χ0n) is 36.2. The van der Waals surface area contributed by atoms with Gasteiger partial charge in [-0.15, -0.1) is 0 Å². The third kappa shape index (κ3) is 8.00.